The molecule has 0 bridgehead atoms. The molecule has 8 heteroatoms. The molecule has 0 aliphatic carbocycles. The molecule has 0 radical (unpaired) electrons. The van der Waals surface area contributed by atoms with Crippen molar-refractivity contribution < 1.29 is 14.4 Å². The summed E-state index contributed by atoms with van der Waals surface area (Å²) in [7, 11) is 0. The number of anilines is 3. The zero-order valence-corrected chi connectivity index (χ0v) is 18.4. The minimum atomic E-state index is -0.644. The van der Waals surface area contributed by atoms with Crippen LogP contribution in [0.15, 0.2) is 83.5 Å². The van der Waals surface area contributed by atoms with Gasteiger partial charge in [0.25, 0.3) is 17.7 Å². The van der Waals surface area contributed by atoms with E-state index < -0.39 is 11.8 Å². The van der Waals surface area contributed by atoms with Gasteiger partial charge >= 0.3 is 0 Å². The Balaban J connectivity index is 1.54. The van der Waals surface area contributed by atoms with Gasteiger partial charge in [0.1, 0.15) is 10.7 Å². The van der Waals surface area contributed by atoms with Crippen molar-refractivity contribution in [3.8, 4) is 0 Å². The maximum atomic E-state index is 12.9. The molecule has 1 aliphatic rings. The average molecular weight is 466 g/mol. The second-order valence-electron chi connectivity index (χ2n) is 7.14. The Labute approximate surface area is 194 Å². The SMILES string of the molecule is Cc1cccc(NC(=O)c2cccc(NC3=C(Cl)C(=O)N(c4ccc(Cl)cc4)C3=O)c2)c1. The number of hydrogen-bond donors (Lipinski definition) is 2. The molecule has 0 aromatic heterocycles. The van der Waals surface area contributed by atoms with Gasteiger partial charge in [-0.25, -0.2) is 4.90 Å². The van der Waals surface area contributed by atoms with Crippen LogP contribution in [0.25, 0.3) is 0 Å². The van der Waals surface area contributed by atoms with Crippen molar-refractivity contribution in [2.24, 2.45) is 0 Å². The van der Waals surface area contributed by atoms with Crippen LogP contribution in [0.2, 0.25) is 5.02 Å². The first-order valence-electron chi connectivity index (χ1n) is 9.63. The third kappa shape index (κ3) is 4.37. The molecular formula is C24H17Cl2N3O3. The molecule has 0 fully saturated rings. The quantitative estimate of drug-likeness (QED) is 0.498. The van der Waals surface area contributed by atoms with E-state index in [2.05, 4.69) is 10.6 Å². The Kier molecular flexibility index (Phi) is 5.99. The Morgan fingerprint density at radius 1 is 0.844 bits per heavy atom. The Morgan fingerprint density at radius 3 is 2.25 bits per heavy atom. The van der Waals surface area contributed by atoms with Gasteiger partial charge in [-0.2, -0.15) is 0 Å². The fourth-order valence-electron chi connectivity index (χ4n) is 3.24. The molecule has 0 unspecified atom stereocenters. The van der Waals surface area contributed by atoms with Crippen LogP contribution in [0.4, 0.5) is 17.1 Å². The van der Waals surface area contributed by atoms with Crippen molar-refractivity contribution in [1.82, 2.24) is 0 Å². The fourth-order valence-corrected chi connectivity index (χ4v) is 3.58. The van der Waals surface area contributed by atoms with Gasteiger partial charge in [0, 0.05) is 22.0 Å². The van der Waals surface area contributed by atoms with Gasteiger partial charge in [0.05, 0.1) is 5.69 Å². The molecule has 0 atom stereocenters. The topological polar surface area (TPSA) is 78.5 Å². The number of nitrogens with one attached hydrogen (secondary N) is 2. The second kappa shape index (κ2) is 8.86. The van der Waals surface area contributed by atoms with Gasteiger partial charge in [-0.3, -0.25) is 14.4 Å². The van der Waals surface area contributed by atoms with Crippen LogP contribution in [0.1, 0.15) is 15.9 Å². The lowest BCUT2D eigenvalue weighted by atomic mass is 10.1. The van der Waals surface area contributed by atoms with E-state index in [9.17, 15) is 14.4 Å². The van der Waals surface area contributed by atoms with Crippen LogP contribution in [0.5, 0.6) is 0 Å². The molecule has 0 spiro atoms. The predicted molar refractivity (Wildman–Crippen MR) is 126 cm³/mol. The number of carbonyl (C=O) groups excluding carboxylic acids is 3. The molecule has 1 aliphatic heterocycles. The third-order valence-electron chi connectivity index (χ3n) is 4.78. The van der Waals surface area contributed by atoms with Crippen LogP contribution in [-0.2, 0) is 9.59 Å². The summed E-state index contributed by atoms with van der Waals surface area (Å²) < 4.78 is 0. The van der Waals surface area contributed by atoms with E-state index in [1.807, 2.05) is 25.1 Å². The minimum Gasteiger partial charge on any atom is -0.350 e. The molecule has 4 rings (SSSR count). The number of aryl methyl sites for hydroxylation is 1. The Morgan fingerprint density at radius 2 is 1.53 bits per heavy atom. The van der Waals surface area contributed by atoms with Gasteiger partial charge in [-0.15, -0.1) is 0 Å². The predicted octanol–water partition coefficient (Wildman–Crippen LogP) is 5.34. The molecular weight excluding hydrogens is 449 g/mol. The molecule has 1 heterocycles. The van der Waals surface area contributed by atoms with E-state index in [-0.39, 0.29) is 16.6 Å². The molecule has 6 nitrogen and oxygen atoms in total. The zero-order chi connectivity index (χ0) is 22.8. The second-order valence-corrected chi connectivity index (χ2v) is 7.95. The number of rotatable bonds is 5. The number of benzene rings is 3. The van der Waals surface area contributed by atoms with E-state index in [1.165, 1.54) is 0 Å². The van der Waals surface area contributed by atoms with E-state index in [0.29, 0.717) is 27.6 Å². The number of halogens is 2. The number of carbonyl (C=O) groups is 3. The number of hydrogen-bond acceptors (Lipinski definition) is 4. The van der Waals surface area contributed by atoms with E-state index >= 15 is 0 Å². The molecule has 3 amide bonds. The fraction of sp³-hybridized carbons (Fsp3) is 0.0417. The van der Waals surface area contributed by atoms with E-state index in [0.717, 1.165) is 10.5 Å². The summed E-state index contributed by atoms with van der Waals surface area (Å²) in [6.07, 6.45) is 0. The molecule has 0 saturated heterocycles. The lowest BCUT2D eigenvalue weighted by Gasteiger charge is -2.15. The first-order chi connectivity index (χ1) is 15.3. The Bertz CT molecular complexity index is 1270. The van der Waals surface area contributed by atoms with Crippen molar-refractivity contribution in [2.75, 3.05) is 15.5 Å². The maximum Gasteiger partial charge on any atom is 0.283 e. The summed E-state index contributed by atoms with van der Waals surface area (Å²) >= 11 is 12.1. The minimum absolute atomic E-state index is 0.0668. The largest absolute Gasteiger partial charge is 0.350 e. The van der Waals surface area contributed by atoms with Gasteiger partial charge in [0.15, 0.2) is 0 Å². The van der Waals surface area contributed by atoms with Crippen LogP contribution in [-0.4, -0.2) is 17.7 Å². The Hall–Kier alpha value is -3.61. The monoisotopic (exact) mass is 465 g/mol. The van der Waals surface area contributed by atoms with Crippen molar-refractivity contribution in [3.63, 3.8) is 0 Å². The summed E-state index contributed by atoms with van der Waals surface area (Å²) in [5.41, 5.74) is 2.80. The molecule has 0 saturated carbocycles. The standard InChI is InChI=1S/C24H17Cl2N3O3/c1-14-4-2-6-17(12-14)28-22(30)15-5-3-7-18(13-15)27-21-20(26)23(31)29(24(21)32)19-10-8-16(25)9-11-19/h2-13,27H,1H3,(H,28,30). The van der Waals surface area contributed by atoms with Crippen LogP contribution >= 0.6 is 23.2 Å². The summed E-state index contributed by atoms with van der Waals surface area (Å²) in [6.45, 7) is 1.94. The molecule has 2 N–H and O–H groups in total. The summed E-state index contributed by atoms with van der Waals surface area (Å²) in [5, 5.41) is 5.95. The lowest BCUT2D eigenvalue weighted by Crippen LogP contribution is -2.32. The average Bonchev–Trinajstić information content (AvgIpc) is 2.98. The number of imide groups is 1. The zero-order valence-electron chi connectivity index (χ0n) is 16.9. The maximum absolute atomic E-state index is 12.9. The van der Waals surface area contributed by atoms with Crippen molar-refractivity contribution in [3.05, 3.63) is 99.7 Å². The number of nitrogens with zero attached hydrogens (tertiary/aromatic N) is 1. The number of amides is 3. The molecule has 3 aromatic rings. The van der Waals surface area contributed by atoms with Crippen LogP contribution < -0.4 is 15.5 Å². The highest BCUT2D eigenvalue weighted by molar-refractivity contribution is 6.53. The van der Waals surface area contributed by atoms with Gasteiger partial charge < -0.3 is 10.6 Å². The van der Waals surface area contributed by atoms with Crippen molar-refractivity contribution >= 4 is 58.0 Å². The first-order valence-corrected chi connectivity index (χ1v) is 10.4. The highest BCUT2D eigenvalue weighted by Gasteiger charge is 2.38. The normalized spacial score (nSPS) is 13.5. The smallest absolute Gasteiger partial charge is 0.283 e. The van der Waals surface area contributed by atoms with Crippen LogP contribution in [0, 0.1) is 6.92 Å². The van der Waals surface area contributed by atoms with Gasteiger partial charge in [-0.1, -0.05) is 41.4 Å². The van der Waals surface area contributed by atoms with Gasteiger partial charge in [-0.05, 0) is 67.1 Å². The van der Waals surface area contributed by atoms with Crippen LogP contribution in [0.3, 0.4) is 0 Å². The van der Waals surface area contributed by atoms with E-state index in [1.54, 1.807) is 54.6 Å². The van der Waals surface area contributed by atoms with E-state index in [4.69, 9.17) is 23.2 Å². The molecule has 160 valence electrons. The molecule has 32 heavy (non-hydrogen) atoms. The first kappa shape index (κ1) is 21.6. The summed E-state index contributed by atoms with van der Waals surface area (Å²) in [4.78, 5) is 39.1. The summed E-state index contributed by atoms with van der Waals surface area (Å²) in [6, 6.07) is 20.3. The van der Waals surface area contributed by atoms with Gasteiger partial charge in [0.2, 0.25) is 0 Å². The third-order valence-corrected chi connectivity index (χ3v) is 5.38. The highest BCUT2D eigenvalue weighted by Crippen LogP contribution is 2.31. The van der Waals surface area contributed by atoms with Crippen molar-refractivity contribution in [1.29, 1.82) is 0 Å². The summed E-state index contributed by atoms with van der Waals surface area (Å²) in [5.74, 6) is -1.55. The highest BCUT2D eigenvalue weighted by atomic mass is 35.5. The lowest BCUT2D eigenvalue weighted by molar-refractivity contribution is -0.120. The van der Waals surface area contributed by atoms with Crippen molar-refractivity contribution in [2.45, 2.75) is 6.92 Å². The molecule has 3 aromatic carbocycles.